The summed E-state index contributed by atoms with van der Waals surface area (Å²) < 4.78 is 0. The molecule has 0 saturated heterocycles. The van der Waals surface area contributed by atoms with Crippen LogP contribution in [0.25, 0.3) is 0 Å². The molecule has 0 bridgehead atoms. The maximum absolute atomic E-state index is 2.65. The van der Waals surface area contributed by atoms with Crippen molar-refractivity contribution in [2.75, 3.05) is 0 Å². The number of rotatable bonds is 4. The van der Waals surface area contributed by atoms with Gasteiger partial charge in [-0.3, -0.25) is 0 Å². The summed E-state index contributed by atoms with van der Waals surface area (Å²) in [7, 11) is 0. The molecule has 0 nitrogen and oxygen atoms in total. The average Bonchev–Trinajstić information content (AvgIpc) is 2.84. The van der Waals surface area contributed by atoms with Crippen LogP contribution in [0.1, 0.15) is 60.3 Å². The van der Waals surface area contributed by atoms with Crippen LogP contribution < -0.4 is 0 Å². The van der Waals surface area contributed by atoms with Crippen molar-refractivity contribution in [1.82, 2.24) is 0 Å². The summed E-state index contributed by atoms with van der Waals surface area (Å²) in [5.74, 6) is 3.79. The second-order valence-corrected chi connectivity index (χ2v) is 8.80. The maximum Gasteiger partial charge on any atom is -0.00954 e. The van der Waals surface area contributed by atoms with E-state index < -0.39 is 0 Å². The van der Waals surface area contributed by atoms with E-state index in [4.69, 9.17) is 0 Å². The largest absolute Gasteiger partial charge is 0.0799 e. The second kappa shape index (κ2) is 6.46. The topological polar surface area (TPSA) is 0 Å². The van der Waals surface area contributed by atoms with E-state index in [1.54, 1.807) is 11.1 Å². The van der Waals surface area contributed by atoms with Gasteiger partial charge in [0.1, 0.15) is 0 Å². The summed E-state index contributed by atoms with van der Waals surface area (Å²) in [5, 5.41) is 0. The van der Waals surface area contributed by atoms with Crippen molar-refractivity contribution < 1.29 is 0 Å². The number of allylic oxidation sites excluding steroid dienone is 8. The first-order valence-electron chi connectivity index (χ1n) is 9.75. The Kier molecular flexibility index (Phi) is 4.72. The van der Waals surface area contributed by atoms with E-state index in [2.05, 4.69) is 71.1 Å². The molecule has 0 aliphatic heterocycles. The molecule has 0 heterocycles. The molecule has 0 aromatic carbocycles. The highest BCUT2D eigenvalue weighted by Gasteiger charge is 2.47. The molecule has 0 aromatic rings. The van der Waals surface area contributed by atoms with Gasteiger partial charge in [-0.05, 0) is 53.4 Å². The molecule has 0 spiro atoms. The van der Waals surface area contributed by atoms with Gasteiger partial charge in [-0.1, -0.05) is 89.5 Å². The van der Waals surface area contributed by atoms with Crippen molar-refractivity contribution in [3.63, 3.8) is 0 Å². The zero-order valence-corrected chi connectivity index (χ0v) is 15.7. The quantitative estimate of drug-likeness (QED) is 0.540. The van der Waals surface area contributed by atoms with E-state index in [0.717, 1.165) is 29.6 Å². The lowest BCUT2D eigenvalue weighted by Crippen LogP contribution is -2.20. The first-order valence-corrected chi connectivity index (χ1v) is 9.75. The van der Waals surface area contributed by atoms with Crippen molar-refractivity contribution in [2.24, 2.45) is 35.0 Å². The normalized spacial score (nSPS) is 35.6. The minimum absolute atomic E-state index is 0.269. The SMILES string of the molecule is CCCCC1C2C=C(CC)C=CC2C2C=CC(C(C)(C)C)=CC21. The van der Waals surface area contributed by atoms with E-state index in [0.29, 0.717) is 0 Å². The molecule has 1 saturated carbocycles. The van der Waals surface area contributed by atoms with E-state index >= 15 is 0 Å². The van der Waals surface area contributed by atoms with Crippen molar-refractivity contribution in [1.29, 1.82) is 0 Å². The number of unbranched alkanes of at least 4 members (excludes halogenated alkanes) is 1. The molecule has 0 N–H and O–H groups in total. The van der Waals surface area contributed by atoms with Gasteiger partial charge in [-0.2, -0.15) is 0 Å². The Morgan fingerprint density at radius 3 is 2.13 bits per heavy atom. The molecule has 5 atom stereocenters. The van der Waals surface area contributed by atoms with Crippen LogP contribution in [-0.2, 0) is 0 Å². The Morgan fingerprint density at radius 2 is 1.52 bits per heavy atom. The van der Waals surface area contributed by atoms with E-state index in [1.165, 1.54) is 25.7 Å². The van der Waals surface area contributed by atoms with Crippen LogP contribution in [-0.4, -0.2) is 0 Å². The van der Waals surface area contributed by atoms with Gasteiger partial charge in [0.15, 0.2) is 0 Å². The Bertz CT molecular complexity index is 549. The second-order valence-electron chi connectivity index (χ2n) is 8.80. The molecule has 0 heteroatoms. The highest BCUT2D eigenvalue weighted by Crippen LogP contribution is 2.55. The summed E-state index contributed by atoms with van der Waals surface area (Å²) in [6.07, 6.45) is 20.4. The van der Waals surface area contributed by atoms with E-state index in [-0.39, 0.29) is 5.41 Å². The standard InChI is InChI=1S/C23H34/c1-6-8-9-18-21-14-16(7-2)10-12-19(21)20-13-11-17(15-22(18)20)23(3,4)5/h10-15,18-22H,6-9H2,1-5H3. The smallest absolute Gasteiger partial charge is 0.00954 e. The van der Waals surface area contributed by atoms with Gasteiger partial charge in [0.2, 0.25) is 0 Å². The molecular weight excluding hydrogens is 276 g/mol. The van der Waals surface area contributed by atoms with Gasteiger partial charge >= 0.3 is 0 Å². The first-order chi connectivity index (χ1) is 11.0. The monoisotopic (exact) mass is 310 g/mol. The van der Waals surface area contributed by atoms with Gasteiger partial charge in [0.05, 0.1) is 0 Å². The number of hydrogen-bond acceptors (Lipinski definition) is 0. The molecule has 3 aliphatic rings. The van der Waals surface area contributed by atoms with Gasteiger partial charge in [0.25, 0.3) is 0 Å². The predicted molar refractivity (Wildman–Crippen MR) is 101 cm³/mol. The van der Waals surface area contributed by atoms with Gasteiger partial charge in [-0.25, -0.2) is 0 Å². The van der Waals surface area contributed by atoms with Gasteiger partial charge in [-0.15, -0.1) is 0 Å². The third-order valence-corrected chi connectivity index (χ3v) is 6.30. The van der Waals surface area contributed by atoms with Gasteiger partial charge in [0, 0.05) is 0 Å². The Balaban J connectivity index is 1.94. The molecular formula is C23H34. The lowest BCUT2D eigenvalue weighted by Gasteiger charge is -2.30. The molecule has 126 valence electrons. The minimum atomic E-state index is 0.269. The van der Waals surface area contributed by atoms with Crippen LogP contribution >= 0.6 is 0 Å². The fraction of sp³-hybridized carbons (Fsp3) is 0.652. The molecule has 23 heavy (non-hydrogen) atoms. The predicted octanol–water partition coefficient (Wildman–Crippen LogP) is 6.72. The Labute approximate surface area is 143 Å². The summed E-state index contributed by atoms with van der Waals surface area (Å²) in [5.41, 5.74) is 3.36. The van der Waals surface area contributed by atoms with E-state index in [1.807, 2.05) is 0 Å². The fourth-order valence-corrected chi connectivity index (χ4v) is 4.90. The highest BCUT2D eigenvalue weighted by molar-refractivity contribution is 5.37. The van der Waals surface area contributed by atoms with Crippen molar-refractivity contribution in [3.05, 3.63) is 47.6 Å². The third kappa shape index (κ3) is 3.14. The zero-order valence-electron chi connectivity index (χ0n) is 15.7. The fourth-order valence-electron chi connectivity index (χ4n) is 4.90. The van der Waals surface area contributed by atoms with Crippen LogP contribution in [0.5, 0.6) is 0 Å². The first kappa shape index (κ1) is 16.8. The molecule has 3 rings (SSSR count). The molecule has 5 unspecified atom stereocenters. The maximum atomic E-state index is 2.65. The number of hydrogen-bond donors (Lipinski definition) is 0. The van der Waals surface area contributed by atoms with Crippen LogP contribution in [0.15, 0.2) is 47.6 Å². The molecule has 3 aliphatic carbocycles. The molecule has 0 amide bonds. The van der Waals surface area contributed by atoms with Crippen molar-refractivity contribution >= 4 is 0 Å². The zero-order chi connectivity index (χ0) is 16.6. The molecule has 0 radical (unpaired) electrons. The Morgan fingerprint density at radius 1 is 0.870 bits per heavy atom. The number of fused-ring (bicyclic) bond motifs is 3. The highest BCUT2D eigenvalue weighted by atomic mass is 14.5. The lowest BCUT2D eigenvalue weighted by atomic mass is 9.74. The van der Waals surface area contributed by atoms with E-state index in [9.17, 15) is 0 Å². The summed E-state index contributed by atoms with van der Waals surface area (Å²) in [6, 6.07) is 0. The summed E-state index contributed by atoms with van der Waals surface area (Å²) >= 11 is 0. The summed E-state index contributed by atoms with van der Waals surface area (Å²) in [6.45, 7) is 11.7. The Hall–Kier alpha value is -1.04. The van der Waals surface area contributed by atoms with Gasteiger partial charge < -0.3 is 0 Å². The van der Waals surface area contributed by atoms with Crippen LogP contribution in [0.3, 0.4) is 0 Å². The van der Waals surface area contributed by atoms with Crippen LogP contribution in [0, 0.1) is 35.0 Å². The van der Waals surface area contributed by atoms with Crippen molar-refractivity contribution in [3.8, 4) is 0 Å². The van der Waals surface area contributed by atoms with Crippen molar-refractivity contribution in [2.45, 2.75) is 60.3 Å². The summed E-state index contributed by atoms with van der Waals surface area (Å²) in [4.78, 5) is 0. The average molecular weight is 311 g/mol. The molecule has 1 fully saturated rings. The van der Waals surface area contributed by atoms with Crippen LogP contribution in [0.4, 0.5) is 0 Å². The molecule has 0 aromatic heterocycles. The third-order valence-electron chi connectivity index (χ3n) is 6.30. The minimum Gasteiger partial charge on any atom is -0.0799 e. The lowest BCUT2D eigenvalue weighted by molar-refractivity contribution is 0.336. The van der Waals surface area contributed by atoms with Crippen LogP contribution in [0.2, 0.25) is 0 Å².